The fourth-order valence-electron chi connectivity index (χ4n) is 1.42. The standard InChI is InChI=1S/C11H13NO4/c1-2-3-4-9-5-6-10(16-8-13)7-11(9)12(14)15/h5-8H,2-4H2,1H3. The van der Waals surface area contributed by atoms with E-state index in [0.717, 1.165) is 12.8 Å². The lowest BCUT2D eigenvalue weighted by atomic mass is 10.1. The zero-order chi connectivity index (χ0) is 12.0. The minimum Gasteiger partial charge on any atom is -0.428 e. The van der Waals surface area contributed by atoms with Crippen LogP contribution in [0.4, 0.5) is 5.69 Å². The van der Waals surface area contributed by atoms with Gasteiger partial charge in [0, 0.05) is 5.56 Å². The van der Waals surface area contributed by atoms with Crippen LogP contribution in [0.1, 0.15) is 25.3 Å². The number of aryl methyl sites for hydroxylation is 1. The second kappa shape index (κ2) is 5.85. The topological polar surface area (TPSA) is 69.4 Å². The molecule has 0 unspecified atom stereocenters. The van der Waals surface area contributed by atoms with E-state index in [1.165, 1.54) is 6.07 Å². The second-order valence-electron chi connectivity index (χ2n) is 3.37. The third kappa shape index (κ3) is 3.05. The van der Waals surface area contributed by atoms with Gasteiger partial charge in [-0.1, -0.05) is 13.3 Å². The zero-order valence-corrected chi connectivity index (χ0v) is 9.01. The van der Waals surface area contributed by atoms with E-state index in [2.05, 4.69) is 4.74 Å². The van der Waals surface area contributed by atoms with Gasteiger partial charge < -0.3 is 4.74 Å². The van der Waals surface area contributed by atoms with Crippen molar-refractivity contribution in [1.82, 2.24) is 0 Å². The van der Waals surface area contributed by atoms with Crippen LogP contribution in [0.2, 0.25) is 0 Å². The summed E-state index contributed by atoms with van der Waals surface area (Å²) in [5, 5.41) is 10.8. The average Bonchev–Trinajstić information content (AvgIpc) is 2.27. The van der Waals surface area contributed by atoms with Gasteiger partial charge in [-0.25, -0.2) is 0 Å². The van der Waals surface area contributed by atoms with Gasteiger partial charge in [-0.05, 0) is 25.0 Å². The first kappa shape index (κ1) is 12.2. The molecule has 0 aliphatic carbocycles. The lowest BCUT2D eigenvalue weighted by Crippen LogP contribution is -1.97. The summed E-state index contributed by atoms with van der Waals surface area (Å²) in [5.74, 6) is 0.196. The van der Waals surface area contributed by atoms with Gasteiger partial charge in [-0.3, -0.25) is 14.9 Å². The third-order valence-electron chi connectivity index (χ3n) is 2.24. The molecule has 0 aliphatic heterocycles. The molecule has 5 heteroatoms. The van der Waals surface area contributed by atoms with E-state index < -0.39 is 4.92 Å². The first-order chi connectivity index (χ1) is 7.69. The largest absolute Gasteiger partial charge is 0.428 e. The normalized spacial score (nSPS) is 9.81. The highest BCUT2D eigenvalue weighted by Crippen LogP contribution is 2.25. The Hall–Kier alpha value is -1.91. The smallest absolute Gasteiger partial charge is 0.298 e. The minimum atomic E-state index is -0.456. The van der Waals surface area contributed by atoms with Crippen LogP contribution < -0.4 is 4.74 Å². The number of ether oxygens (including phenoxy) is 1. The van der Waals surface area contributed by atoms with E-state index in [1.807, 2.05) is 6.92 Å². The molecule has 86 valence electrons. The number of carbonyl (C=O) groups excluding carboxylic acids is 1. The van der Waals surface area contributed by atoms with E-state index >= 15 is 0 Å². The number of hydrogen-bond donors (Lipinski definition) is 0. The summed E-state index contributed by atoms with van der Waals surface area (Å²) in [7, 11) is 0. The Morgan fingerprint density at radius 2 is 2.25 bits per heavy atom. The fourth-order valence-corrected chi connectivity index (χ4v) is 1.42. The molecule has 0 saturated heterocycles. The first-order valence-electron chi connectivity index (χ1n) is 5.06. The van der Waals surface area contributed by atoms with Gasteiger partial charge in [0.25, 0.3) is 12.2 Å². The molecule has 16 heavy (non-hydrogen) atoms. The van der Waals surface area contributed by atoms with Crippen LogP contribution in [0.3, 0.4) is 0 Å². The molecule has 5 nitrogen and oxygen atoms in total. The van der Waals surface area contributed by atoms with Crippen LogP contribution in [-0.2, 0) is 11.2 Å². The van der Waals surface area contributed by atoms with E-state index in [0.29, 0.717) is 12.0 Å². The van der Waals surface area contributed by atoms with Crippen molar-refractivity contribution in [3.05, 3.63) is 33.9 Å². The molecule has 0 radical (unpaired) electrons. The highest BCUT2D eigenvalue weighted by atomic mass is 16.6. The van der Waals surface area contributed by atoms with Gasteiger partial charge in [-0.15, -0.1) is 0 Å². The fraction of sp³-hybridized carbons (Fsp3) is 0.364. The van der Waals surface area contributed by atoms with Crippen LogP contribution in [0.5, 0.6) is 5.75 Å². The van der Waals surface area contributed by atoms with Crippen molar-refractivity contribution >= 4 is 12.2 Å². The van der Waals surface area contributed by atoms with Gasteiger partial charge in [0.05, 0.1) is 11.0 Å². The Labute approximate surface area is 93.2 Å². The number of nitro groups is 1. The molecule has 0 heterocycles. The lowest BCUT2D eigenvalue weighted by Gasteiger charge is -2.03. The molecular formula is C11H13NO4. The Morgan fingerprint density at radius 3 is 2.81 bits per heavy atom. The molecule has 0 amide bonds. The summed E-state index contributed by atoms with van der Waals surface area (Å²) in [6.07, 6.45) is 2.53. The number of benzene rings is 1. The van der Waals surface area contributed by atoms with Crippen molar-refractivity contribution in [2.45, 2.75) is 26.2 Å². The molecule has 0 N–H and O–H groups in total. The maximum atomic E-state index is 10.8. The SMILES string of the molecule is CCCCc1ccc(OC=O)cc1[N+](=O)[O-]. The van der Waals surface area contributed by atoms with Crippen LogP contribution in [0.15, 0.2) is 18.2 Å². The highest BCUT2D eigenvalue weighted by molar-refractivity contribution is 5.51. The number of rotatable bonds is 6. The number of nitrogens with zero attached hydrogens (tertiary/aromatic N) is 1. The summed E-state index contributed by atoms with van der Waals surface area (Å²) in [6.45, 7) is 2.28. The van der Waals surface area contributed by atoms with E-state index in [9.17, 15) is 14.9 Å². The summed E-state index contributed by atoms with van der Waals surface area (Å²) in [5.41, 5.74) is 0.679. The van der Waals surface area contributed by atoms with Gasteiger partial charge >= 0.3 is 0 Å². The van der Waals surface area contributed by atoms with Gasteiger partial charge in [0.2, 0.25) is 0 Å². The summed E-state index contributed by atoms with van der Waals surface area (Å²) in [4.78, 5) is 20.5. The first-order valence-corrected chi connectivity index (χ1v) is 5.06. The van der Waals surface area contributed by atoms with Crippen LogP contribution in [-0.4, -0.2) is 11.4 Å². The van der Waals surface area contributed by atoms with Crippen molar-refractivity contribution in [3.63, 3.8) is 0 Å². The van der Waals surface area contributed by atoms with Gasteiger partial charge in [0.15, 0.2) is 0 Å². The van der Waals surface area contributed by atoms with Gasteiger partial charge in [0.1, 0.15) is 5.75 Å². The Morgan fingerprint density at radius 1 is 1.50 bits per heavy atom. The lowest BCUT2D eigenvalue weighted by molar-refractivity contribution is -0.385. The predicted octanol–water partition coefficient (Wildman–Crippen LogP) is 2.47. The number of nitro benzene ring substituents is 1. The molecule has 0 fully saturated rings. The van der Waals surface area contributed by atoms with Crippen molar-refractivity contribution in [1.29, 1.82) is 0 Å². The zero-order valence-electron chi connectivity index (χ0n) is 9.01. The molecule has 1 aromatic carbocycles. The van der Waals surface area contributed by atoms with E-state index in [4.69, 9.17) is 0 Å². The number of unbranched alkanes of at least 4 members (excludes halogenated alkanes) is 1. The van der Waals surface area contributed by atoms with Crippen molar-refractivity contribution in [2.24, 2.45) is 0 Å². The Bertz CT molecular complexity index is 390. The quantitative estimate of drug-likeness (QED) is 0.422. The molecule has 0 aliphatic rings. The number of hydrogen-bond acceptors (Lipinski definition) is 4. The molecule has 0 aromatic heterocycles. The molecule has 0 spiro atoms. The molecule has 1 aromatic rings. The van der Waals surface area contributed by atoms with Gasteiger partial charge in [-0.2, -0.15) is 0 Å². The van der Waals surface area contributed by atoms with E-state index in [-0.39, 0.29) is 17.9 Å². The maximum absolute atomic E-state index is 10.8. The summed E-state index contributed by atoms with van der Waals surface area (Å²) in [6, 6.07) is 4.47. The predicted molar refractivity (Wildman–Crippen MR) is 58.4 cm³/mol. The molecule has 1 rings (SSSR count). The molecular weight excluding hydrogens is 210 g/mol. The molecule has 0 saturated carbocycles. The summed E-state index contributed by atoms with van der Waals surface area (Å²) >= 11 is 0. The van der Waals surface area contributed by atoms with Crippen LogP contribution in [0, 0.1) is 10.1 Å². The summed E-state index contributed by atoms with van der Waals surface area (Å²) < 4.78 is 4.57. The van der Waals surface area contributed by atoms with Crippen LogP contribution in [0.25, 0.3) is 0 Å². The van der Waals surface area contributed by atoms with Crippen LogP contribution >= 0.6 is 0 Å². The van der Waals surface area contributed by atoms with Crippen molar-refractivity contribution in [3.8, 4) is 5.75 Å². The maximum Gasteiger partial charge on any atom is 0.298 e. The van der Waals surface area contributed by atoms with Crippen molar-refractivity contribution < 1.29 is 14.5 Å². The Balaban J connectivity index is 2.99. The number of carbonyl (C=O) groups is 1. The molecule has 0 atom stereocenters. The minimum absolute atomic E-state index is 0.00722. The molecule has 0 bridgehead atoms. The second-order valence-corrected chi connectivity index (χ2v) is 3.37. The monoisotopic (exact) mass is 223 g/mol. The van der Waals surface area contributed by atoms with Crippen molar-refractivity contribution in [2.75, 3.05) is 0 Å². The third-order valence-corrected chi connectivity index (χ3v) is 2.24. The average molecular weight is 223 g/mol. The van der Waals surface area contributed by atoms with E-state index in [1.54, 1.807) is 12.1 Å². The Kier molecular flexibility index (Phi) is 4.44. The highest BCUT2D eigenvalue weighted by Gasteiger charge is 2.14.